The van der Waals surface area contributed by atoms with Crippen LogP contribution in [0.1, 0.15) is 38.7 Å². The largest absolute Gasteiger partial charge is 0.480 e. The van der Waals surface area contributed by atoms with Crippen LogP contribution in [0.2, 0.25) is 0 Å². The minimum absolute atomic E-state index is 0.0818. The average Bonchev–Trinajstić information content (AvgIpc) is 2.64. The second-order valence-corrected chi connectivity index (χ2v) is 6.55. The normalized spacial score (nSPS) is 12.7. The van der Waals surface area contributed by atoms with Gasteiger partial charge in [0, 0.05) is 0 Å². The van der Waals surface area contributed by atoms with Crippen molar-refractivity contribution in [3.63, 3.8) is 0 Å². The molecule has 0 aliphatic rings. The van der Waals surface area contributed by atoms with Crippen LogP contribution in [-0.4, -0.2) is 35.2 Å². The molecule has 1 rings (SSSR count). The second-order valence-electron chi connectivity index (χ2n) is 6.55. The Balaban J connectivity index is 2.61. The van der Waals surface area contributed by atoms with E-state index in [4.69, 9.17) is 4.74 Å². The number of carboxylic acid groups (broad SMARTS) is 1. The highest BCUT2D eigenvalue weighted by molar-refractivity contribution is 5.89. The van der Waals surface area contributed by atoms with Crippen LogP contribution in [-0.2, 0) is 20.9 Å². The molecule has 27 heavy (non-hydrogen) atoms. The first-order chi connectivity index (χ1) is 12.8. The van der Waals surface area contributed by atoms with E-state index in [9.17, 15) is 19.5 Å². The molecule has 0 saturated carbocycles. The van der Waals surface area contributed by atoms with Gasteiger partial charge in [0.1, 0.15) is 18.7 Å². The molecule has 0 fully saturated rings. The lowest BCUT2D eigenvalue weighted by Gasteiger charge is -2.23. The predicted octanol–water partition coefficient (Wildman–Crippen LogP) is 2.86. The van der Waals surface area contributed by atoms with Gasteiger partial charge in [-0.1, -0.05) is 50.3 Å². The summed E-state index contributed by atoms with van der Waals surface area (Å²) in [5.41, 5.74) is 0.825. The van der Waals surface area contributed by atoms with Gasteiger partial charge in [-0.25, -0.2) is 9.59 Å². The summed E-state index contributed by atoms with van der Waals surface area (Å²) in [6.45, 7) is 7.19. The minimum Gasteiger partial charge on any atom is -0.480 e. The number of carbonyl (C=O) groups is 3. The topological polar surface area (TPSA) is 105 Å². The summed E-state index contributed by atoms with van der Waals surface area (Å²) in [6.07, 6.45) is 2.51. The Kier molecular flexibility index (Phi) is 9.64. The van der Waals surface area contributed by atoms with Crippen LogP contribution in [0.5, 0.6) is 0 Å². The van der Waals surface area contributed by atoms with Crippen molar-refractivity contribution in [1.29, 1.82) is 0 Å². The van der Waals surface area contributed by atoms with Crippen molar-refractivity contribution >= 4 is 18.0 Å². The lowest BCUT2D eigenvalue weighted by Crippen LogP contribution is -2.53. The number of carboxylic acids is 1. The molecule has 0 saturated heterocycles. The number of hydrogen-bond donors (Lipinski definition) is 3. The maximum atomic E-state index is 12.5. The van der Waals surface area contributed by atoms with Crippen molar-refractivity contribution in [3.8, 4) is 0 Å². The zero-order valence-electron chi connectivity index (χ0n) is 15.8. The van der Waals surface area contributed by atoms with Crippen molar-refractivity contribution in [3.05, 3.63) is 48.6 Å². The number of allylic oxidation sites excluding steroid dienone is 1. The monoisotopic (exact) mass is 376 g/mol. The maximum Gasteiger partial charge on any atom is 0.408 e. The van der Waals surface area contributed by atoms with E-state index in [1.807, 2.05) is 30.3 Å². The van der Waals surface area contributed by atoms with Crippen molar-refractivity contribution in [2.75, 3.05) is 0 Å². The van der Waals surface area contributed by atoms with E-state index in [-0.39, 0.29) is 18.9 Å². The fraction of sp³-hybridized carbons (Fsp3) is 0.450. The standard InChI is InChI=1S/C20H28N2O5/c1-4-5-7-12-16(19(24)25)21-18(23)17(14(2)3)22-20(26)27-13-15-10-8-6-9-11-15/h4,6,8-11,14,16-17H,1,5,7,12-13H2,2-3H3,(H,21,23)(H,22,26)(H,24,25)/t16-,17-/m0/s1. The molecule has 1 aromatic carbocycles. The van der Waals surface area contributed by atoms with E-state index >= 15 is 0 Å². The molecule has 0 aliphatic heterocycles. The van der Waals surface area contributed by atoms with Crippen LogP contribution >= 0.6 is 0 Å². The molecule has 148 valence electrons. The Morgan fingerprint density at radius 2 is 1.85 bits per heavy atom. The first-order valence-electron chi connectivity index (χ1n) is 8.96. The zero-order valence-corrected chi connectivity index (χ0v) is 15.8. The van der Waals surface area contributed by atoms with Crippen molar-refractivity contribution < 1.29 is 24.2 Å². The van der Waals surface area contributed by atoms with Gasteiger partial charge in [0.2, 0.25) is 5.91 Å². The number of alkyl carbamates (subject to hydrolysis) is 1. The molecule has 0 unspecified atom stereocenters. The van der Waals surface area contributed by atoms with Crippen LogP contribution in [0.25, 0.3) is 0 Å². The molecular weight excluding hydrogens is 348 g/mol. The van der Waals surface area contributed by atoms with E-state index in [0.717, 1.165) is 5.56 Å². The third-order valence-electron chi connectivity index (χ3n) is 3.95. The number of aliphatic carboxylic acids is 1. The number of nitrogens with one attached hydrogen (secondary N) is 2. The van der Waals surface area contributed by atoms with Crippen LogP contribution in [0.3, 0.4) is 0 Å². The molecular formula is C20H28N2O5. The number of hydrogen-bond acceptors (Lipinski definition) is 4. The first kappa shape index (κ1) is 22.2. The van der Waals surface area contributed by atoms with Gasteiger partial charge in [-0.05, 0) is 30.7 Å². The molecule has 2 amide bonds. The summed E-state index contributed by atoms with van der Waals surface area (Å²) in [5, 5.41) is 14.3. The minimum atomic E-state index is -1.11. The summed E-state index contributed by atoms with van der Waals surface area (Å²) < 4.78 is 5.13. The first-order valence-corrected chi connectivity index (χ1v) is 8.96. The predicted molar refractivity (Wildman–Crippen MR) is 102 cm³/mol. The van der Waals surface area contributed by atoms with Crippen molar-refractivity contribution in [2.24, 2.45) is 5.92 Å². The number of unbranched alkanes of at least 4 members (excludes halogenated alkanes) is 1. The molecule has 2 atom stereocenters. The number of rotatable bonds is 11. The van der Waals surface area contributed by atoms with Gasteiger partial charge in [-0.3, -0.25) is 4.79 Å². The van der Waals surface area contributed by atoms with Crippen molar-refractivity contribution in [2.45, 2.75) is 51.8 Å². The second kappa shape index (κ2) is 11.7. The highest BCUT2D eigenvalue weighted by atomic mass is 16.5. The fourth-order valence-corrected chi connectivity index (χ4v) is 2.41. The van der Waals surface area contributed by atoms with Gasteiger partial charge in [-0.2, -0.15) is 0 Å². The SMILES string of the molecule is C=CCCC[C@H](NC(=O)[C@@H](NC(=O)OCc1ccccc1)C(C)C)C(=O)O. The van der Waals surface area contributed by atoms with Gasteiger partial charge < -0.3 is 20.5 Å². The van der Waals surface area contributed by atoms with E-state index in [2.05, 4.69) is 17.2 Å². The summed E-state index contributed by atoms with van der Waals surface area (Å²) >= 11 is 0. The fourth-order valence-electron chi connectivity index (χ4n) is 2.41. The van der Waals surface area contributed by atoms with Crippen LogP contribution in [0.15, 0.2) is 43.0 Å². The molecule has 3 N–H and O–H groups in total. The van der Waals surface area contributed by atoms with Crippen LogP contribution < -0.4 is 10.6 Å². The van der Waals surface area contributed by atoms with E-state index < -0.39 is 30.1 Å². The smallest absolute Gasteiger partial charge is 0.408 e. The quantitative estimate of drug-likeness (QED) is 0.407. The number of amides is 2. The summed E-state index contributed by atoms with van der Waals surface area (Å²) in [4.78, 5) is 35.9. The molecule has 1 aromatic rings. The zero-order chi connectivity index (χ0) is 20.2. The highest BCUT2D eigenvalue weighted by Crippen LogP contribution is 2.07. The average molecular weight is 376 g/mol. The number of benzene rings is 1. The van der Waals surface area contributed by atoms with E-state index in [1.165, 1.54) is 0 Å². The molecule has 0 heterocycles. The summed E-state index contributed by atoms with van der Waals surface area (Å²) in [6, 6.07) is 7.26. The number of ether oxygens (including phenoxy) is 1. The summed E-state index contributed by atoms with van der Waals surface area (Å²) in [7, 11) is 0. The Morgan fingerprint density at radius 1 is 1.19 bits per heavy atom. The van der Waals surface area contributed by atoms with Crippen LogP contribution in [0, 0.1) is 5.92 Å². The van der Waals surface area contributed by atoms with Crippen molar-refractivity contribution in [1.82, 2.24) is 10.6 Å². The third kappa shape index (κ3) is 8.40. The Hall–Kier alpha value is -2.83. The summed E-state index contributed by atoms with van der Waals surface area (Å²) in [5.74, 6) is -1.90. The lowest BCUT2D eigenvalue weighted by atomic mass is 10.0. The molecule has 7 heteroatoms. The molecule has 7 nitrogen and oxygen atoms in total. The lowest BCUT2D eigenvalue weighted by molar-refractivity contribution is -0.142. The van der Waals surface area contributed by atoms with Gasteiger partial charge in [0.05, 0.1) is 0 Å². The molecule has 0 bridgehead atoms. The maximum absolute atomic E-state index is 12.5. The molecule has 0 radical (unpaired) electrons. The molecule has 0 aromatic heterocycles. The third-order valence-corrected chi connectivity index (χ3v) is 3.95. The Labute approximate surface area is 159 Å². The van der Waals surface area contributed by atoms with Crippen LogP contribution in [0.4, 0.5) is 4.79 Å². The Bertz CT molecular complexity index is 631. The van der Waals surface area contributed by atoms with Gasteiger partial charge in [0.25, 0.3) is 0 Å². The number of carbonyl (C=O) groups excluding carboxylic acids is 2. The Morgan fingerprint density at radius 3 is 2.41 bits per heavy atom. The highest BCUT2D eigenvalue weighted by Gasteiger charge is 2.28. The molecule has 0 spiro atoms. The van der Waals surface area contributed by atoms with E-state index in [0.29, 0.717) is 12.8 Å². The van der Waals surface area contributed by atoms with Gasteiger partial charge in [0.15, 0.2) is 0 Å². The van der Waals surface area contributed by atoms with Gasteiger partial charge in [-0.15, -0.1) is 6.58 Å². The van der Waals surface area contributed by atoms with E-state index in [1.54, 1.807) is 19.9 Å². The van der Waals surface area contributed by atoms with Gasteiger partial charge >= 0.3 is 12.1 Å². The molecule has 0 aliphatic carbocycles.